The van der Waals surface area contributed by atoms with Crippen LogP contribution in [-0.4, -0.2) is 14.5 Å². The Labute approximate surface area is 123 Å². The van der Waals surface area contributed by atoms with Gasteiger partial charge in [0.1, 0.15) is 4.90 Å². The fourth-order valence-corrected chi connectivity index (χ4v) is 5.42. The van der Waals surface area contributed by atoms with Gasteiger partial charge in [-0.2, -0.15) is 0 Å². The Morgan fingerprint density at radius 3 is 2.58 bits per heavy atom. The first-order valence-electron chi connectivity index (χ1n) is 6.43. The van der Waals surface area contributed by atoms with Gasteiger partial charge in [-0.3, -0.25) is 0 Å². The van der Waals surface area contributed by atoms with E-state index in [2.05, 4.69) is 4.72 Å². The van der Waals surface area contributed by atoms with E-state index in [1.54, 1.807) is 6.07 Å². The van der Waals surface area contributed by atoms with E-state index in [-0.39, 0.29) is 16.0 Å². The van der Waals surface area contributed by atoms with Crippen LogP contribution in [-0.2, 0) is 10.0 Å². The smallest absolute Gasteiger partial charge is 0.208 e. The molecule has 0 heterocycles. The molecule has 0 radical (unpaired) electrons. The van der Waals surface area contributed by atoms with Gasteiger partial charge in [0, 0.05) is 11.1 Å². The molecule has 1 aromatic rings. The summed E-state index contributed by atoms with van der Waals surface area (Å²) in [7, 11) is -3.59. The zero-order valence-electron chi connectivity index (χ0n) is 10.3. The van der Waals surface area contributed by atoms with Crippen LogP contribution in [0.2, 0.25) is 10.0 Å². The quantitative estimate of drug-likeness (QED) is 0.927. The third-order valence-electron chi connectivity index (χ3n) is 4.23. The fourth-order valence-electron chi connectivity index (χ4n) is 3.33. The molecule has 1 aromatic carbocycles. The monoisotopic (exact) mass is 319 g/mol. The van der Waals surface area contributed by atoms with Gasteiger partial charge in [-0.25, -0.2) is 13.1 Å². The van der Waals surface area contributed by atoms with E-state index in [0.717, 1.165) is 19.3 Å². The van der Waals surface area contributed by atoms with Crippen molar-refractivity contribution >= 4 is 33.2 Å². The second kappa shape index (κ2) is 4.92. The molecule has 2 fully saturated rings. The van der Waals surface area contributed by atoms with Crippen LogP contribution >= 0.6 is 23.2 Å². The highest BCUT2D eigenvalue weighted by atomic mass is 35.5. The summed E-state index contributed by atoms with van der Waals surface area (Å²) < 4.78 is 27.6. The number of benzene rings is 1. The number of halogens is 2. The lowest BCUT2D eigenvalue weighted by Gasteiger charge is -2.23. The van der Waals surface area contributed by atoms with Crippen molar-refractivity contribution in [2.75, 3.05) is 0 Å². The first-order valence-corrected chi connectivity index (χ1v) is 8.67. The molecule has 2 saturated carbocycles. The standard InChI is InChI=1S/C13H15Cl2NO2S/c14-10-3-4-11(15)13(7-10)19(17,18)16-12-6-8-1-2-9(12)5-8/h3-4,7-9,12,16H,1-2,5-6H2/t8-,9+,12+/m0/s1. The maximum Gasteiger partial charge on any atom is 0.242 e. The number of rotatable bonds is 3. The van der Waals surface area contributed by atoms with Gasteiger partial charge in [0.2, 0.25) is 10.0 Å². The van der Waals surface area contributed by atoms with Gasteiger partial charge < -0.3 is 0 Å². The van der Waals surface area contributed by atoms with E-state index in [1.807, 2.05) is 0 Å². The Kier molecular flexibility index (Phi) is 3.54. The Balaban J connectivity index is 1.85. The molecule has 2 aliphatic carbocycles. The maximum absolute atomic E-state index is 12.4. The van der Waals surface area contributed by atoms with Gasteiger partial charge in [0.25, 0.3) is 0 Å². The van der Waals surface area contributed by atoms with Crippen molar-refractivity contribution < 1.29 is 8.42 Å². The molecular weight excluding hydrogens is 305 g/mol. The molecule has 0 unspecified atom stereocenters. The summed E-state index contributed by atoms with van der Waals surface area (Å²) in [5, 5.41) is 0.581. The number of nitrogens with one attached hydrogen (secondary N) is 1. The highest BCUT2D eigenvalue weighted by Crippen LogP contribution is 2.45. The van der Waals surface area contributed by atoms with Crippen LogP contribution in [0, 0.1) is 11.8 Å². The molecule has 3 atom stereocenters. The van der Waals surface area contributed by atoms with E-state index < -0.39 is 10.0 Å². The highest BCUT2D eigenvalue weighted by Gasteiger charge is 2.41. The third-order valence-corrected chi connectivity index (χ3v) is 6.43. The van der Waals surface area contributed by atoms with Crippen molar-refractivity contribution in [3.8, 4) is 0 Å². The summed E-state index contributed by atoms with van der Waals surface area (Å²) in [4.78, 5) is 0.0736. The van der Waals surface area contributed by atoms with Crippen LogP contribution in [0.15, 0.2) is 23.1 Å². The first kappa shape index (κ1) is 13.7. The molecule has 2 bridgehead atoms. The molecule has 1 N–H and O–H groups in total. The second-order valence-electron chi connectivity index (χ2n) is 5.48. The van der Waals surface area contributed by atoms with Gasteiger partial charge >= 0.3 is 0 Å². The van der Waals surface area contributed by atoms with Crippen molar-refractivity contribution in [3.05, 3.63) is 28.2 Å². The van der Waals surface area contributed by atoms with Gasteiger partial charge in [-0.15, -0.1) is 0 Å². The summed E-state index contributed by atoms with van der Waals surface area (Å²) in [6.45, 7) is 0. The number of hydrogen-bond acceptors (Lipinski definition) is 2. The Hall–Kier alpha value is -0.290. The molecule has 19 heavy (non-hydrogen) atoms. The van der Waals surface area contributed by atoms with E-state index in [9.17, 15) is 8.42 Å². The normalized spacial score (nSPS) is 29.9. The van der Waals surface area contributed by atoms with Crippen molar-refractivity contribution in [1.82, 2.24) is 4.72 Å². The van der Waals surface area contributed by atoms with Crippen molar-refractivity contribution in [1.29, 1.82) is 0 Å². The minimum absolute atomic E-state index is 0.0544. The minimum Gasteiger partial charge on any atom is -0.208 e. The third kappa shape index (κ3) is 2.64. The van der Waals surface area contributed by atoms with Gasteiger partial charge in [0.15, 0.2) is 0 Å². The lowest BCUT2D eigenvalue weighted by molar-refractivity contribution is 0.390. The number of fused-ring (bicyclic) bond motifs is 2. The molecule has 0 aromatic heterocycles. The summed E-state index contributed by atoms with van der Waals surface area (Å²) in [6, 6.07) is 4.55. The maximum atomic E-state index is 12.4. The van der Waals surface area contributed by atoms with Gasteiger partial charge in [-0.05, 0) is 49.3 Å². The fraction of sp³-hybridized carbons (Fsp3) is 0.538. The first-order chi connectivity index (χ1) is 8.95. The Bertz CT molecular complexity index is 603. The largest absolute Gasteiger partial charge is 0.242 e. The number of hydrogen-bond donors (Lipinski definition) is 1. The van der Waals surface area contributed by atoms with Crippen LogP contribution in [0.3, 0.4) is 0 Å². The van der Waals surface area contributed by atoms with E-state index in [1.165, 1.54) is 18.6 Å². The summed E-state index contributed by atoms with van der Waals surface area (Å²) in [5.74, 6) is 1.17. The average Bonchev–Trinajstić information content (AvgIpc) is 2.93. The Morgan fingerprint density at radius 2 is 1.95 bits per heavy atom. The summed E-state index contributed by atoms with van der Waals surface area (Å²) in [5.41, 5.74) is 0. The molecule has 3 nitrogen and oxygen atoms in total. The molecule has 3 rings (SSSR count). The molecular formula is C13H15Cl2NO2S. The van der Waals surface area contributed by atoms with E-state index in [0.29, 0.717) is 16.9 Å². The molecule has 0 aliphatic heterocycles. The molecule has 0 saturated heterocycles. The van der Waals surface area contributed by atoms with Crippen LogP contribution in [0.1, 0.15) is 25.7 Å². The van der Waals surface area contributed by atoms with Gasteiger partial charge in [-0.1, -0.05) is 29.6 Å². The predicted octanol–water partition coefficient (Wildman–Crippen LogP) is 3.46. The predicted molar refractivity (Wildman–Crippen MR) is 76.0 cm³/mol. The van der Waals surface area contributed by atoms with Crippen LogP contribution in [0.25, 0.3) is 0 Å². The summed E-state index contributed by atoms with van der Waals surface area (Å²) in [6.07, 6.45) is 4.46. The molecule has 6 heteroatoms. The van der Waals surface area contributed by atoms with Crippen molar-refractivity contribution in [2.24, 2.45) is 11.8 Å². The van der Waals surface area contributed by atoms with Crippen molar-refractivity contribution in [3.63, 3.8) is 0 Å². The Morgan fingerprint density at radius 1 is 1.16 bits per heavy atom. The van der Waals surface area contributed by atoms with Crippen LogP contribution in [0.4, 0.5) is 0 Å². The topological polar surface area (TPSA) is 46.2 Å². The lowest BCUT2D eigenvalue weighted by atomic mass is 9.96. The summed E-state index contributed by atoms with van der Waals surface area (Å²) >= 11 is 11.8. The lowest BCUT2D eigenvalue weighted by Crippen LogP contribution is -2.38. The van der Waals surface area contributed by atoms with Crippen molar-refractivity contribution in [2.45, 2.75) is 36.6 Å². The molecule has 104 valence electrons. The van der Waals surface area contributed by atoms with E-state index in [4.69, 9.17) is 23.2 Å². The average molecular weight is 320 g/mol. The van der Waals surface area contributed by atoms with Crippen LogP contribution < -0.4 is 4.72 Å². The minimum atomic E-state index is -3.59. The molecule has 0 spiro atoms. The molecule has 2 aliphatic rings. The number of sulfonamides is 1. The molecule has 0 amide bonds. The zero-order valence-corrected chi connectivity index (χ0v) is 12.6. The second-order valence-corrected chi connectivity index (χ2v) is 8.00. The van der Waals surface area contributed by atoms with E-state index >= 15 is 0 Å². The van der Waals surface area contributed by atoms with Crippen LogP contribution in [0.5, 0.6) is 0 Å². The highest BCUT2D eigenvalue weighted by molar-refractivity contribution is 7.89. The zero-order chi connectivity index (χ0) is 13.6. The van der Waals surface area contributed by atoms with Gasteiger partial charge in [0.05, 0.1) is 5.02 Å². The SMILES string of the molecule is O=S(=O)(N[C@@H]1C[C@H]2CC[C@@H]1C2)c1cc(Cl)ccc1Cl.